The number of carboxylic acid groups (broad SMARTS) is 1. The van der Waals surface area contributed by atoms with Gasteiger partial charge in [-0.1, -0.05) is 13.3 Å². The van der Waals surface area contributed by atoms with E-state index < -0.39 is 5.97 Å². The minimum absolute atomic E-state index is 0.342. The fourth-order valence-corrected chi connectivity index (χ4v) is 1.93. The lowest BCUT2D eigenvalue weighted by molar-refractivity contribution is -0.298. The molecule has 0 aliphatic rings. The first-order valence-electron chi connectivity index (χ1n) is 6.01. The number of aliphatic carboxylic acids is 1. The molecule has 0 fully saturated rings. The molecule has 0 aromatic carbocycles. The number of hydrogen-bond acceptors (Lipinski definition) is 3. The van der Waals surface area contributed by atoms with Crippen molar-refractivity contribution in [2.24, 2.45) is 0 Å². The number of unbranched alkanes of at least 4 members (excludes halogenated alkanes) is 1. The van der Waals surface area contributed by atoms with E-state index in [2.05, 4.69) is 11.5 Å². The van der Waals surface area contributed by atoms with E-state index in [0.29, 0.717) is 0 Å². The van der Waals surface area contributed by atoms with Crippen LogP contribution in [0.1, 0.15) is 36.7 Å². The zero-order valence-corrected chi connectivity index (χ0v) is 11.0. The Morgan fingerprint density at radius 2 is 2.22 bits per heavy atom. The molecule has 18 heavy (non-hydrogen) atoms. The van der Waals surface area contributed by atoms with Gasteiger partial charge in [-0.2, -0.15) is 5.26 Å². The number of carbonyl (C=O) groups excluding carboxylic acids is 1. The van der Waals surface area contributed by atoms with Gasteiger partial charge < -0.3 is 14.5 Å². The fourth-order valence-electron chi connectivity index (χ4n) is 1.93. The van der Waals surface area contributed by atoms with Crippen LogP contribution >= 0.6 is 0 Å². The predicted octanol–water partition coefficient (Wildman–Crippen LogP) is 1.56. The van der Waals surface area contributed by atoms with Crippen molar-refractivity contribution in [3.05, 3.63) is 28.6 Å². The van der Waals surface area contributed by atoms with Crippen molar-refractivity contribution < 1.29 is 9.90 Å². The average molecular weight is 245 g/mol. The first-order chi connectivity index (χ1) is 8.51. The molecule has 0 unspecified atom stereocenters. The summed E-state index contributed by atoms with van der Waals surface area (Å²) in [5, 5.41) is 19.4. The Morgan fingerprint density at radius 3 is 2.72 bits per heavy atom. The lowest BCUT2D eigenvalue weighted by Gasteiger charge is -2.08. The number of nitrogens with zero attached hydrogens (tertiary/aromatic N) is 2. The summed E-state index contributed by atoms with van der Waals surface area (Å²) >= 11 is 0. The third kappa shape index (κ3) is 3.01. The first-order valence-corrected chi connectivity index (χ1v) is 6.01. The van der Waals surface area contributed by atoms with Crippen LogP contribution in [-0.4, -0.2) is 10.5 Å². The predicted molar refractivity (Wildman–Crippen MR) is 67.4 cm³/mol. The largest absolute Gasteiger partial charge is 0.544 e. The summed E-state index contributed by atoms with van der Waals surface area (Å²) in [7, 11) is 0. The van der Waals surface area contributed by atoms with Gasteiger partial charge in [-0.05, 0) is 38.0 Å². The molecule has 0 aliphatic carbocycles. The van der Waals surface area contributed by atoms with Crippen LogP contribution in [0.3, 0.4) is 0 Å². The molecule has 4 nitrogen and oxygen atoms in total. The van der Waals surface area contributed by atoms with Gasteiger partial charge in [0, 0.05) is 17.9 Å². The summed E-state index contributed by atoms with van der Waals surface area (Å²) in [6, 6.07) is 3.53. The standard InChI is InChI=1S/C14H18N2O2/c1-4-5-6-16-10(2)7-12(11(16)3)8-13(9-15)14(17)18/h7-8H,4-6H2,1-3H3,(H,17,18)/p-1/b13-8+. The van der Waals surface area contributed by atoms with E-state index in [0.717, 1.165) is 36.3 Å². The highest BCUT2D eigenvalue weighted by Crippen LogP contribution is 2.18. The molecule has 1 aromatic heterocycles. The molecule has 1 rings (SSSR count). The number of rotatable bonds is 5. The number of aryl methyl sites for hydroxylation is 1. The molecule has 0 bridgehead atoms. The monoisotopic (exact) mass is 245 g/mol. The minimum atomic E-state index is -1.43. The summed E-state index contributed by atoms with van der Waals surface area (Å²) in [5.41, 5.74) is 2.48. The van der Waals surface area contributed by atoms with Gasteiger partial charge in [-0.3, -0.25) is 0 Å². The van der Waals surface area contributed by atoms with Crippen molar-refractivity contribution in [1.82, 2.24) is 4.57 Å². The first kappa shape index (κ1) is 14.0. The van der Waals surface area contributed by atoms with E-state index >= 15 is 0 Å². The van der Waals surface area contributed by atoms with E-state index in [9.17, 15) is 9.90 Å². The van der Waals surface area contributed by atoms with Crippen molar-refractivity contribution >= 4 is 12.0 Å². The van der Waals surface area contributed by atoms with Crippen molar-refractivity contribution in [2.75, 3.05) is 0 Å². The van der Waals surface area contributed by atoms with Crippen LogP contribution in [0.2, 0.25) is 0 Å². The van der Waals surface area contributed by atoms with Crippen LogP contribution in [0.4, 0.5) is 0 Å². The number of hydrogen-bond donors (Lipinski definition) is 0. The molecule has 0 N–H and O–H groups in total. The van der Waals surface area contributed by atoms with Crippen molar-refractivity contribution in [1.29, 1.82) is 5.26 Å². The summed E-state index contributed by atoms with van der Waals surface area (Å²) in [4.78, 5) is 10.7. The van der Waals surface area contributed by atoms with Gasteiger partial charge in [0.15, 0.2) is 0 Å². The highest BCUT2D eigenvalue weighted by molar-refractivity contribution is 5.95. The van der Waals surface area contributed by atoms with Crippen LogP contribution in [-0.2, 0) is 11.3 Å². The lowest BCUT2D eigenvalue weighted by Crippen LogP contribution is -2.23. The molecule has 0 saturated heterocycles. The van der Waals surface area contributed by atoms with Crippen LogP contribution in [0.25, 0.3) is 6.08 Å². The topological polar surface area (TPSA) is 68.8 Å². The zero-order chi connectivity index (χ0) is 13.7. The second-order valence-corrected chi connectivity index (χ2v) is 4.29. The van der Waals surface area contributed by atoms with Gasteiger partial charge >= 0.3 is 0 Å². The van der Waals surface area contributed by atoms with Crippen LogP contribution in [0.15, 0.2) is 11.6 Å². The van der Waals surface area contributed by atoms with Gasteiger partial charge in [-0.25, -0.2) is 0 Å². The molecular weight excluding hydrogens is 228 g/mol. The fraction of sp³-hybridized carbons (Fsp3) is 0.429. The van der Waals surface area contributed by atoms with Gasteiger partial charge in [0.25, 0.3) is 0 Å². The molecule has 0 amide bonds. The number of carbonyl (C=O) groups is 1. The molecule has 0 aliphatic heterocycles. The Hall–Kier alpha value is -2.02. The minimum Gasteiger partial charge on any atom is -0.544 e. The quantitative estimate of drug-likeness (QED) is 0.584. The Labute approximate surface area is 107 Å². The average Bonchev–Trinajstić information content (AvgIpc) is 2.59. The maximum absolute atomic E-state index is 10.7. The Bertz CT molecular complexity index is 519. The lowest BCUT2D eigenvalue weighted by atomic mass is 10.1. The van der Waals surface area contributed by atoms with E-state index in [1.807, 2.05) is 19.9 Å². The molecule has 96 valence electrons. The molecule has 1 aromatic rings. The van der Waals surface area contributed by atoms with Gasteiger partial charge in [0.1, 0.15) is 6.07 Å². The van der Waals surface area contributed by atoms with E-state index in [4.69, 9.17) is 5.26 Å². The van der Waals surface area contributed by atoms with Gasteiger partial charge in [-0.15, -0.1) is 0 Å². The summed E-state index contributed by atoms with van der Waals surface area (Å²) < 4.78 is 2.14. The molecular formula is C14H17N2O2-. The van der Waals surface area contributed by atoms with E-state index in [1.54, 1.807) is 6.07 Å². The van der Waals surface area contributed by atoms with Crippen LogP contribution in [0, 0.1) is 25.2 Å². The maximum atomic E-state index is 10.7. The van der Waals surface area contributed by atoms with Crippen molar-refractivity contribution in [2.45, 2.75) is 40.2 Å². The Morgan fingerprint density at radius 1 is 1.56 bits per heavy atom. The highest BCUT2D eigenvalue weighted by atomic mass is 16.4. The van der Waals surface area contributed by atoms with Crippen molar-refractivity contribution in [3.8, 4) is 6.07 Å². The third-order valence-corrected chi connectivity index (χ3v) is 2.99. The Kier molecular flexibility index (Phi) is 4.73. The van der Waals surface area contributed by atoms with E-state index in [-0.39, 0.29) is 5.57 Å². The SMILES string of the molecule is CCCCn1c(C)cc(/C=C(\C#N)C(=O)[O-])c1C. The van der Waals surface area contributed by atoms with E-state index in [1.165, 1.54) is 6.08 Å². The number of carboxylic acids is 1. The van der Waals surface area contributed by atoms with Crippen molar-refractivity contribution in [3.63, 3.8) is 0 Å². The van der Waals surface area contributed by atoms with Gasteiger partial charge in [0.2, 0.25) is 0 Å². The summed E-state index contributed by atoms with van der Waals surface area (Å²) in [6.45, 7) is 6.94. The van der Waals surface area contributed by atoms with Gasteiger partial charge in [0.05, 0.1) is 11.5 Å². The maximum Gasteiger partial charge on any atom is 0.101 e. The zero-order valence-electron chi connectivity index (χ0n) is 11.0. The van der Waals surface area contributed by atoms with Crippen LogP contribution in [0.5, 0.6) is 0 Å². The normalized spacial score (nSPS) is 11.3. The molecule has 1 heterocycles. The highest BCUT2D eigenvalue weighted by Gasteiger charge is 2.08. The second-order valence-electron chi connectivity index (χ2n) is 4.29. The molecule has 0 atom stereocenters. The smallest absolute Gasteiger partial charge is 0.101 e. The third-order valence-electron chi connectivity index (χ3n) is 2.99. The number of aromatic nitrogens is 1. The summed E-state index contributed by atoms with van der Waals surface area (Å²) in [6.07, 6.45) is 3.55. The molecule has 4 heteroatoms. The molecule has 0 spiro atoms. The molecule has 0 radical (unpaired) electrons. The van der Waals surface area contributed by atoms with Crippen LogP contribution < -0.4 is 5.11 Å². The number of nitriles is 1. The second kappa shape index (κ2) is 6.06. The molecule has 0 saturated carbocycles. The summed E-state index contributed by atoms with van der Waals surface area (Å²) in [5.74, 6) is -1.43. The Balaban J connectivity index is 3.13.